The number of hydrogen-bond acceptors (Lipinski definition) is 3. The van der Waals surface area contributed by atoms with E-state index in [1.54, 1.807) is 7.11 Å². The third-order valence-corrected chi connectivity index (χ3v) is 2.24. The molecule has 0 aliphatic carbocycles. The molecule has 0 saturated carbocycles. The number of hydrogen-bond donors (Lipinski definition) is 1. The zero-order valence-corrected chi connectivity index (χ0v) is 9.62. The number of benzene rings is 1. The van der Waals surface area contributed by atoms with E-state index in [1.807, 2.05) is 38.2 Å². The Labute approximate surface area is 91.4 Å². The van der Waals surface area contributed by atoms with Gasteiger partial charge in [-0.2, -0.15) is 0 Å². The highest BCUT2D eigenvalue weighted by Crippen LogP contribution is 2.19. The number of likely N-dealkylation sites (N-methyl/N-ethyl adjacent to an activating group) is 1. The maximum absolute atomic E-state index is 5.38. The second-order valence-corrected chi connectivity index (χ2v) is 3.28. The van der Waals surface area contributed by atoms with E-state index in [0.717, 1.165) is 17.9 Å². The molecule has 0 heterocycles. The minimum atomic E-state index is 0.102. The van der Waals surface area contributed by atoms with Gasteiger partial charge < -0.3 is 14.8 Å². The van der Waals surface area contributed by atoms with Gasteiger partial charge in [0, 0.05) is 13.7 Å². The molecular weight excluding hydrogens is 190 g/mol. The van der Waals surface area contributed by atoms with E-state index in [1.165, 1.54) is 0 Å². The van der Waals surface area contributed by atoms with E-state index >= 15 is 0 Å². The van der Waals surface area contributed by atoms with Crippen molar-refractivity contribution in [1.82, 2.24) is 5.32 Å². The van der Waals surface area contributed by atoms with Crippen LogP contribution in [0.3, 0.4) is 0 Å². The molecule has 84 valence electrons. The third-order valence-electron chi connectivity index (χ3n) is 2.24. The Morgan fingerprint density at radius 2 is 1.93 bits per heavy atom. The van der Waals surface area contributed by atoms with Crippen LogP contribution >= 0.6 is 0 Å². The monoisotopic (exact) mass is 209 g/mol. The Morgan fingerprint density at radius 3 is 2.40 bits per heavy atom. The molecule has 0 radical (unpaired) electrons. The van der Waals surface area contributed by atoms with Crippen molar-refractivity contribution in [3.8, 4) is 5.75 Å². The zero-order valence-electron chi connectivity index (χ0n) is 9.62. The fourth-order valence-corrected chi connectivity index (χ4v) is 1.47. The summed E-state index contributed by atoms with van der Waals surface area (Å²) in [4.78, 5) is 0. The molecular formula is C12H19NO2. The Hall–Kier alpha value is -1.06. The van der Waals surface area contributed by atoms with Crippen LogP contribution in [0.5, 0.6) is 5.75 Å². The van der Waals surface area contributed by atoms with E-state index in [4.69, 9.17) is 9.47 Å². The highest BCUT2D eigenvalue weighted by molar-refractivity contribution is 5.28. The van der Waals surface area contributed by atoms with Crippen molar-refractivity contribution in [2.75, 3.05) is 27.3 Å². The Morgan fingerprint density at radius 1 is 1.27 bits per heavy atom. The molecule has 0 saturated heterocycles. The highest BCUT2D eigenvalue weighted by Gasteiger charge is 2.08. The van der Waals surface area contributed by atoms with E-state index in [2.05, 4.69) is 5.32 Å². The standard InChI is InChI=1S/C12H19NO2/c1-4-15-11-7-5-10(6-8-11)12(14-3)9-13-2/h5-8,12-13H,4,9H2,1-3H3/t12-/m0/s1. The number of methoxy groups -OCH3 is 1. The minimum absolute atomic E-state index is 0.102. The van der Waals surface area contributed by atoms with Crippen molar-refractivity contribution >= 4 is 0 Å². The first-order chi connectivity index (χ1) is 7.31. The molecule has 15 heavy (non-hydrogen) atoms. The molecule has 0 aromatic heterocycles. The summed E-state index contributed by atoms with van der Waals surface area (Å²) >= 11 is 0. The average molecular weight is 209 g/mol. The molecule has 0 unspecified atom stereocenters. The van der Waals surface area contributed by atoms with Gasteiger partial charge in [-0.25, -0.2) is 0 Å². The van der Waals surface area contributed by atoms with Crippen LogP contribution in [0.1, 0.15) is 18.6 Å². The maximum Gasteiger partial charge on any atom is 0.119 e. The molecule has 1 rings (SSSR count). The van der Waals surface area contributed by atoms with Crippen LogP contribution in [0.4, 0.5) is 0 Å². The highest BCUT2D eigenvalue weighted by atomic mass is 16.5. The van der Waals surface area contributed by atoms with E-state index in [-0.39, 0.29) is 6.10 Å². The molecule has 1 N–H and O–H groups in total. The summed E-state index contributed by atoms with van der Waals surface area (Å²) < 4.78 is 10.8. The molecule has 0 bridgehead atoms. The second-order valence-electron chi connectivity index (χ2n) is 3.28. The summed E-state index contributed by atoms with van der Waals surface area (Å²) in [5.41, 5.74) is 1.16. The van der Waals surface area contributed by atoms with E-state index in [0.29, 0.717) is 6.61 Å². The van der Waals surface area contributed by atoms with Crippen LogP contribution in [-0.2, 0) is 4.74 Å². The predicted molar refractivity (Wildman–Crippen MR) is 61.3 cm³/mol. The lowest BCUT2D eigenvalue weighted by atomic mass is 10.1. The molecule has 0 aliphatic rings. The van der Waals surface area contributed by atoms with Gasteiger partial charge in [0.2, 0.25) is 0 Å². The van der Waals surface area contributed by atoms with Crippen LogP contribution < -0.4 is 10.1 Å². The van der Waals surface area contributed by atoms with Gasteiger partial charge in [0.1, 0.15) is 5.75 Å². The molecule has 0 fully saturated rings. The molecule has 3 heteroatoms. The first-order valence-electron chi connectivity index (χ1n) is 5.22. The Kier molecular flexibility index (Phi) is 5.15. The molecule has 3 nitrogen and oxygen atoms in total. The van der Waals surface area contributed by atoms with Crippen LogP contribution in [0.2, 0.25) is 0 Å². The topological polar surface area (TPSA) is 30.5 Å². The summed E-state index contributed by atoms with van der Waals surface area (Å²) in [5.74, 6) is 0.903. The van der Waals surface area contributed by atoms with Crippen molar-refractivity contribution in [3.63, 3.8) is 0 Å². The lowest BCUT2D eigenvalue weighted by Crippen LogP contribution is -2.18. The second kappa shape index (κ2) is 6.43. The quantitative estimate of drug-likeness (QED) is 0.777. The van der Waals surface area contributed by atoms with Gasteiger partial charge in [0.15, 0.2) is 0 Å². The SMILES string of the molecule is CCOc1ccc([C@H](CNC)OC)cc1. The van der Waals surface area contributed by atoms with E-state index < -0.39 is 0 Å². The lowest BCUT2D eigenvalue weighted by Gasteiger charge is -2.15. The molecule has 0 aliphatic heterocycles. The number of ether oxygens (including phenoxy) is 2. The summed E-state index contributed by atoms with van der Waals surface area (Å²) in [6.45, 7) is 3.49. The summed E-state index contributed by atoms with van der Waals surface area (Å²) in [5, 5.41) is 3.10. The first kappa shape index (κ1) is 12.0. The summed E-state index contributed by atoms with van der Waals surface area (Å²) in [6, 6.07) is 8.02. The van der Waals surface area contributed by atoms with E-state index in [9.17, 15) is 0 Å². The molecule has 1 atom stereocenters. The van der Waals surface area contributed by atoms with Crippen molar-refractivity contribution in [2.45, 2.75) is 13.0 Å². The van der Waals surface area contributed by atoms with Gasteiger partial charge in [-0.15, -0.1) is 0 Å². The maximum atomic E-state index is 5.38. The molecule has 0 amide bonds. The Bertz CT molecular complexity index is 271. The average Bonchev–Trinajstić information content (AvgIpc) is 2.28. The Balaban J connectivity index is 2.68. The van der Waals surface area contributed by atoms with Gasteiger partial charge in [0.05, 0.1) is 12.7 Å². The van der Waals surface area contributed by atoms with Gasteiger partial charge in [-0.3, -0.25) is 0 Å². The van der Waals surface area contributed by atoms with Crippen LogP contribution in [0, 0.1) is 0 Å². The third kappa shape index (κ3) is 3.53. The van der Waals surface area contributed by atoms with Crippen LogP contribution in [-0.4, -0.2) is 27.3 Å². The van der Waals surface area contributed by atoms with Crippen molar-refractivity contribution in [1.29, 1.82) is 0 Å². The molecule has 0 spiro atoms. The van der Waals surface area contributed by atoms with Crippen molar-refractivity contribution in [3.05, 3.63) is 29.8 Å². The minimum Gasteiger partial charge on any atom is -0.494 e. The van der Waals surface area contributed by atoms with Gasteiger partial charge in [-0.1, -0.05) is 12.1 Å². The summed E-state index contributed by atoms with van der Waals surface area (Å²) in [6.07, 6.45) is 0.102. The van der Waals surface area contributed by atoms with Crippen molar-refractivity contribution in [2.24, 2.45) is 0 Å². The van der Waals surface area contributed by atoms with Crippen molar-refractivity contribution < 1.29 is 9.47 Å². The normalized spacial score (nSPS) is 12.5. The largest absolute Gasteiger partial charge is 0.494 e. The molecule has 1 aromatic rings. The number of nitrogens with one attached hydrogen (secondary N) is 1. The number of rotatable bonds is 6. The fourth-order valence-electron chi connectivity index (χ4n) is 1.47. The molecule has 1 aromatic carbocycles. The van der Waals surface area contributed by atoms with Gasteiger partial charge >= 0.3 is 0 Å². The van der Waals surface area contributed by atoms with Gasteiger partial charge in [0.25, 0.3) is 0 Å². The van der Waals surface area contributed by atoms with Crippen LogP contribution in [0.15, 0.2) is 24.3 Å². The lowest BCUT2D eigenvalue weighted by molar-refractivity contribution is 0.104. The van der Waals surface area contributed by atoms with Gasteiger partial charge in [-0.05, 0) is 31.7 Å². The first-order valence-corrected chi connectivity index (χ1v) is 5.22. The predicted octanol–water partition coefficient (Wildman–Crippen LogP) is 1.99. The fraction of sp³-hybridized carbons (Fsp3) is 0.500. The smallest absolute Gasteiger partial charge is 0.119 e. The zero-order chi connectivity index (χ0) is 11.1. The summed E-state index contributed by atoms with van der Waals surface area (Å²) in [7, 11) is 3.64. The van der Waals surface area contributed by atoms with Crippen LogP contribution in [0.25, 0.3) is 0 Å².